The standard InChI is InChI=1S/C47H94N2O5/c1-5-8-11-14-17-26-33-43-53-46(51)37-29-22-18-24-31-40-49(42-34-39-48-44(4)50)41-32-25-19-23-30-38-47(52)54-45(35-27-20-15-12-9-6-2)36-28-21-16-13-10-7-3/h45,47,52H,5-43H2,1-4H3,(H,48,50). The Kier molecular flexibility index (Phi) is 42.0. The minimum atomic E-state index is -0.622. The third-order valence-electron chi connectivity index (χ3n) is 10.9. The molecule has 0 rings (SSSR count). The average molecular weight is 767 g/mol. The van der Waals surface area contributed by atoms with Crippen LogP contribution in [0.2, 0.25) is 0 Å². The van der Waals surface area contributed by atoms with Crippen molar-refractivity contribution in [2.24, 2.45) is 0 Å². The van der Waals surface area contributed by atoms with E-state index >= 15 is 0 Å². The lowest BCUT2D eigenvalue weighted by Crippen LogP contribution is -2.30. The minimum absolute atomic E-state index is 0.0258. The van der Waals surface area contributed by atoms with Gasteiger partial charge in [-0.3, -0.25) is 9.59 Å². The molecule has 0 aromatic heterocycles. The molecule has 0 heterocycles. The van der Waals surface area contributed by atoms with Gasteiger partial charge in [0.05, 0.1) is 12.7 Å². The Bertz CT molecular complexity index is 765. The lowest BCUT2D eigenvalue weighted by molar-refractivity contribution is -0.144. The fraction of sp³-hybridized carbons (Fsp3) is 0.957. The molecule has 0 aromatic carbocycles. The Morgan fingerprint density at radius 1 is 0.519 bits per heavy atom. The number of carbonyl (C=O) groups is 2. The smallest absolute Gasteiger partial charge is 0.305 e. The molecule has 0 radical (unpaired) electrons. The third kappa shape index (κ3) is 40.5. The SMILES string of the molecule is CCCCCCCCCOC(=O)CCCCCCCN(CCCCCCCC(O)OC(CCCCCCCC)CCCCCCCC)CCCNC(C)=O. The zero-order valence-electron chi connectivity index (χ0n) is 36.8. The number of hydrogen-bond donors (Lipinski definition) is 2. The number of nitrogens with zero attached hydrogens (tertiary/aromatic N) is 1. The molecule has 0 bridgehead atoms. The summed E-state index contributed by atoms with van der Waals surface area (Å²) in [6, 6.07) is 0. The molecule has 0 aliphatic heterocycles. The first-order chi connectivity index (χ1) is 26.4. The van der Waals surface area contributed by atoms with Crippen LogP contribution < -0.4 is 5.32 Å². The van der Waals surface area contributed by atoms with Gasteiger partial charge in [-0.2, -0.15) is 0 Å². The van der Waals surface area contributed by atoms with E-state index in [1.165, 1.54) is 154 Å². The number of rotatable bonds is 44. The van der Waals surface area contributed by atoms with Crippen molar-refractivity contribution in [2.75, 3.05) is 32.8 Å². The number of ether oxygens (including phenoxy) is 2. The zero-order chi connectivity index (χ0) is 39.6. The van der Waals surface area contributed by atoms with Crippen molar-refractivity contribution in [3.8, 4) is 0 Å². The van der Waals surface area contributed by atoms with E-state index in [-0.39, 0.29) is 18.0 Å². The van der Waals surface area contributed by atoms with Crippen molar-refractivity contribution in [3.05, 3.63) is 0 Å². The Hall–Kier alpha value is -1.18. The molecule has 1 unspecified atom stereocenters. The molecule has 0 saturated heterocycles. The first-order valence-electron chi connectivity index (χ1n) is 23.9. The first-order valence-corrected chi connectivity index (χ1v) is 23.9. The normalized spacial score (nSPS) is 12.2. The molecule has 0 saturated carbocycles. The molecule has 1 amide bonds. The van der Waals surface area contributed by atoms with Crippen LogP contribution in [0.25, 0.3) is 0 Å². The van der Waals surface area contributed by atoms with Gasteiger partial charge in [-0.25, -0.2) is 0 Å². The molecule has 322 valence electrons. The van der Waals surface area contributed by atoms with Crippen molar-refractivity contribution in [3.63, 3.8) is 0 Å². The Labute approximate surface area is 336 Å². The maximum atomic E-state index is 12.1. The first kappa shape index (κ1) is 52.8. The minimum Gasteiger partial charge on any atom is -0.466 e. The third-order valence-corrected chi connectivity index (χ3v) is 10.9. The summed E-state index contributed by atoms with van der Waals surface area (Å²) in [5.74, 6) is 0.0203. The van der Waals surface area contributed by atoms with E-state index in [4.69, 9.17) is 9.47 Å². The van der Waals surface area contributed by atoms with E-state index in [0.29, 0.717) is 13.0 Å². The van der Waals surface area contributed by atoms with Gasteiger partial charge < -0.3 is 24.8 Å². The van der Waals surface area contributed by atoms with Crippen LogP contribution in [-0.4, -0.2) is 67.1 Å². The van der Waals surface area contributed by atoms with E-state index in [2.05, 4.69) is 31.0 Å². The van der Waals surface area contributed by atoms with Crippen molar-refractivity contribution < 1.29 is 24.2 Å². The van der Waals surface area contributed by atoms with E-state index in [1.54, 1.807) is 6.92 Å². The molecule has 0 aliphatic carbocycles. The van der Waals surface area contributed by atoms with Gasteiger partial charge in [0.15, 0.2) is 6.29 Å². The van der Waals surface area contributed by atoms with Crippen LogP contribution in [0.5, 0.6) is 0 Å². The van der Waals surface area contributed by atoms with Crippen LogP contribution in [0, 0.1) is 0 Å². The van der Waals surface area contributed by atoms with Crippen molar-refractivity contribution in [2.45, 2.75) is 258 Å². The van der Waals surface area contributed by atoms with Gasteiger partial charge in [0.2, 0.25) is 5.91 Å². The fourth-order valence-electron chi connectivity index (χ4n) is 7.41. The van der Waals surface area contributed by atoms with Crippen LogP contribution in [0.15, 0.2) is 0 Å². The lowest BCUT2D eigenvalue weighted by Gasteiger charge is -2.23. The topological polar surface area (TPSA) is 88.1 Å². The Morgan fingerprint density at radius 2 is 0.926 bits per heavy atom. The zero-order valence-corrected chi connectivity index (χ0v) is 36.8. The maximum absolute atomic E-state index is 12.1. The highest BCUT2D eigenvalue weighted by atomic mass is 16.6. The van der Waals surface area contributed by atoms with E-state index in [1.807, 2.05) is 0 Å². The summed E-state index contributed by atoms with van der Waals surface area (Å²) >= 11 is 0. The molecule has 0 aromatic rings. The number of amides is 1. The summed E-state index contributed by atoms with van der Waals surface area (Å²) in [5, 5.41) is 13.7. The van der Waals surface area contributed by atoms with Crippen molar-refractivity contribution in [1.29, 1.82) is 0 Å². The summed E-state index contributed by atoms with van der Waals surface area (Å²) < 4.78 is 11.7. The molecule has 1 atom stereocenters. The molecule has 2 N–H and O–H groups in total. The van der Waals surface area contributed by atoms with Gasteiger partial charge >= 0.3 is 5.97 Å². The summed E-state index contributed by atoms with van der Waals surface area (Å²) in [4.78, 5) is 26.0. The molecular weight excluding hydrogens is 673 g/mol. The van der Waals surface area contributed by atoms with E-state index in [0.717, 1.165) is 84.0 Å². The highest BCUT2D eigenvalue weighted by Gasteiger charge is 2.15. The Balaban J connectivity index is 4.22. The number of esters is 1. The molecular formula is C47H94N2O5. The largest absolute Gasteiger partial charge is 0.466 e. The van der Waals surface area contributed by atoms with Gasteiger partial charge in [-0.05, 0) is 77.4 Å². The molecule has 7 nitrogen and oxygen atoms in total. The molecule has 0 fully saturated rings. The fourth-order valence-corrected chi connectivity index (χ4v) is 7.41. The quantitative estimate of drug-likeness (QED) is 0.0365. The van der Waals surface area contributed by atoms with E-state index < -0.39 is 6.29 Å². The van der Waals surface area contributed by atoms with Gasteiger partial charge in [0.25, 0.3) is 0 Å². The Morgan fingerprint density at radius 3 is 1.43 bits per heavy atom. The number of aliphatic hydroxyl groups excluding tert-OH is 1. The second kappa shape index (κ2) is 43.0. The highest BCUT2D eigenvalue weighted by molar-refractivity contribution is 5.72. The van der Waals surface area contributed by atoms with E-state index in [9.17, 15) is 14.7 Å². The molecule has 54 heavy (non-hydrogen) atoms. The second-order valence-corrected chi connectivity index (χ2v) is 16.4. The highest BCUT2D eigenvalue weighted by Crippen LogP contribution is 2.20. The maximum Gasteiger partial charge on any atom is 0.305 e. The predicted octanol–water partition coefficient (Wildman–Crippen LogP) is 13.0. The number of unbranched alkanes of at least 4 members (excludes halogenated alkanes) is 24. The monoisotopic (exact) mass is 767 g/mol. The molecule has 0 aliphatic rings. The van der Waals surface area contributed by atoms with Crippen LogP contribution in [0.3, 0.4) is 0 Å². The van der Waals surface area contributed by atoms with Crippen LogP contribution in [0.1, 0.15) is 246 Å². The number of carbonyl (C=O) groups excluding carboxylic acids is 2. The number of aliphatic hydroxyl groups is 1. The molecule has 7 heteroatoms. The van der Waals surface area contributed by atoms with Gasteiger partial charge in [0, 0.05) is 19.9 Å². The summed E-state index contributed by atoms with van der Waals surface area (Å²) in [7, 11) is 0. The summed E-state index contributed by atoms with van der Waals surface area (Å²) in [6.45, 7) is 12.9. The predicted molar refractivity (Wildman–Crippen MR) is 231 cm³/mol. The van der Waals surface area contributed by atoms with Crippen LogP contribution in [0.4, 0.5) is 0 Å². The summed E-state index contributed by atoms with van der Waals surface area (Å²) in [6.07, 6.45) is 39.7. The van der Waals surface area contributed by atoms with Gasteiger partial charge in [0.1, 0.15) is 0 Å². The van der Waals surface area contributed by atoms with Crippen LogP contribution in [-0.2, 0) is 19.1 Å². The lowest BCUT2D eigenvalue weighted by atomic mass is 10.0. The van der Waals surface area contributed by atoms with Crippen LogP contribution >= 0.6 is 0 Å². The van der Waals surface area contributed by atoms with Crippen molar-refractivity contribution >= 4 is 11.9 Å². The van der Waals surface area contributed by atoms with Gasteiger partial charge in [-0.15, -0.1) is 0 Å². The average Bonchev–Trinajstić information content (AvgIpc) is 3.15. The summed E-state index contributed by atoms with van der Waals surface area (Å²) in [5.41, 5.74) is 0. The second-order valence-electron chi connectivity index (χ2n) is 16.4. The van der Waals surface area contributed by atoms with Gasteiger partial charge in [-0.1, -0.05) is 175 Å². The number of hydrogen-bond acceptors (Lipinski definition) is 6. The number of nitrogens with one attached hydrogen (secondary N) is 1. The molecule has 0 spiro atoms. The van der Waals surface area contributed by atoms with Crippen molar-refractivity contribution in [1.82, 2.24) is 10.2 Å².